The predicted octanol–water partition coefficient (Wildman–Crippen LogP) is 7.35. The van der Waals surface area contributed by atoms with E-state index in [0.717, 1.165) is 17.8 Å². The van der Waals surface area contributed by atoms with Crippen molar-refractivity contribution in [2.75, 3.05) is 0 Å². The third-order valence-electron chi connectivity index (χ3n) is 7.18. The Bertz CT molecular complexity index is 370. The fourth-order valence-corrected chi connectivity index (χ4v) is 5.01. The Morgan fingerprint density at radius 1 is 1.09 bits per heavy atom. The maximum Gasteiger partial charge on any atom is -0.00625 e. The average Bonchev–Trinajstić information content (AvgIpc) is 2.43. The Kier molecular flexibility index (Phi) is 6.38. The first-order chi connectivity index (χ1) is 9.96. The minimum Gasteiger partial charge on any atom is -0.0988 e. The fourth-order valence-electron chi connectivity index (χ4n) is 5.01. The molecule has 1 rings (SSSR count). The van der Waals surface area contributed by atoms with E-state index in [-0.39, 0.29) is 10.8 Å². The number of allylic oxidation sites excluding steroid dienone is 1. The van der Waals surface area contributed by atoms with E-state index < -0.39 is 0 Å². The zero-order valence-corrected chi connectivity index (χ0v) is 16.9. The molecular weight excluding hydrogens is 264 g/mol. The summed E-state index contributed by atoms with van der Waals surface area (Å²) in [6.45, 7) is 26.3. The first kappa shape index (κ1) is 19.8. The monoisotopic (exact) mass is 306 g/mol. The molecule has 22 heavy (non-hydrogen) atoms. The van der Waals surface area contributed by atoms with Gasteiger partial charge in [-0.2, -0.15) is 0 Å². The molecule has 0 heteroatoms. The molecule has 0 aromatic rings. The Hall–Kier alpha value is -0.260. The molecule has 1 aliphatic rings. The standard InChI is InChI=1S/C22H42/c1-11-19-13-12-16(4)14-20(19)17(5)22(10,15(2)3)18(6)21(7,8)9/h15-17,19-20H,6,11-14H2,1-5,7-10H3. The Morgan fingerprint density at radius 2 is 1.64 bits per heavy atom. The van der Waals surface area contributed by atoms with Crippen molar-refractivity contribution in [1.82, 2.24) is 0 Å². The van der Waals surface area contributed by atoms with Crippen molar-refractivity contribution in [3.8, 4) is 0 Å². The van der Waals surface area contributed by atoms with E-state index in [1.54, 1.807) is 0 Å². The van der Waals surface area contributed by atoms with Gasteiger partial charge in [0.1, 0.15) is 0 Å². The molecule has 0 amide bonds. The van der Waals surface area contributed by atoms with Gasteiger partial charge in [0.25, 0.3) is 0 Å². The van der Waals surface area contributed by atoms with Gasteiger partial charge in [-0.15, -0.1) is 0 Å². The highest BCUT2D eigenvalue weighted by Gasteiger charge is 2.46. The molecule has 130 valence electrons. The van der Waals surface area contributed by atoms with Gasteiger partial charge in [-0.05, 0) is 53.3 Å². The molecule has 0 nitrogen and oxygen atoms in total. The van der Waals surface area contributed by atoms with Crippen molar-refractivity contribution < 1.29 is 0 Å². The molecule has 1 fully saturated rings. The normalized spacial score (nSPS) is 30.9. The average molecular weight is 307 g/mol. The molecule has 0 aromatic heterocycles. The molecule has 0 aromatic carbocycles. The van der Waals surface area contributed by atoms with Gasteiger partial charge < -0.3 is 0 Å². The van der Waals surface area contributed by atoms with Crippen LogP contribution in [0.25, 0.3) is 0 Å². The van der Waals surface area contributed by atoms with Gasteiger partial charge in [-0.25, -0.2) is 0 Å². The highest BCUT2D eigenvalue weighted by atomic mass is 14.5. The summed E-state index contributed by atoms with van der Waals surface area (Å²) >= 11 is 0. The van der Waals surface area contributed by atoms with Gasteiger partial charge in [0.15, 0.2) is 0 Å². The summed E-state index contributed by atoms with van der Waals surface area (Å²) in [6.07, 6.45) is 5.63. The molecule has 1 saturated carbocycles. The SMILES string of the molecule is C=C(C(C)(C)C)C(C)(C(C)C)C(C)C1CC(C)CCC1CC. The molecule has 0 N–H and O–H groups in total. The summed E-state index contributed by atoms with van der Waals surface area (Å²) in [5.41, 5.74) is 1.87. The molecule has 5 unspecified atom stereocenters. The van der Waals surface area contributed by atoms with Gasteiger partial charge in [-0.3, -0.25) is 0 Å². The zero-order valence-electron chi connectivity index (χ0n) is 16.9. The van der Waals surface area contributed by atoms with Gasteiger partial charge in [0, 0.05) is 0 Å². The number of rotatable bonds is 5. The second-order valence-corrected chi connectivity index (χ2v) is 9.71. The molecule has 5 atom stereocenters. The molecule has 0 spiro atoms. The molecule has 0 aliphatic heterocycles. The van der Waals surface area contributed by atoms with Crippen LogP contribution in [0.5, 0.6) is 0 Å². The lowest BCUT2D eigenvalue weighted by Gasteiger charge is -2.52. The molecule has 0 radical (unpaired) electrons. The van der Waals surface area contributed by atoms with Crippen LogP contribution in [-0.4, -0.2) is 0 Å². The van der Waals surface area contributed by atoms with Crippen molar-refractivity contribution in [2.24, 2.45) is 40.4 Å². The van der Waals surface area contributed by atoms with Crippen LogP contribution in [0.1, 0.15) is 88.0 Å². The minimum atomic E-state index is 0.190. The topological polar surface area (TPSA) is 0 Å². The van der Waals surface area contributed by atoms with E-state index in [4.69, 9.17) is 0 Å². The molecular formula is C22H42. The summed E-state index contributed by atoms with van der Waals surface area (Å²) < 4.78 is 0. The Morgan fingerprint density at radius 3 is 2.05 bits per heavy atom. The second-order valence-electron chi connectivity index (χ2n) is 9.71. The second kappa shape index (κ2) is 7.10. The van der Waals surface area contributed by atoms with Gasteiger partial charge in [0.2, 0.25) is 0 Å². The summed E-state index contributed by atoms with van der Waals surface area (Å²) in [4.78, 5) is 0. The molecule has 1 aliphatic carbocycles. The summed E-state index contributed by atoms with van der Waals surface area (Å²) in [7, 11) is 0. The van der Waals surface area contributed by atoms with Gasteiger partial charge in [-0.1, -0.05) is 87.3 Å². The zero-order chi connectivity index (χ0) is 17.3. The highest BCUT2D eigenvalue weighted by Crippen LogP contribution is 2.54. The van der Waals surface area contributed by atoms with Crippen molar-refractivity contribution in [1.29, 1.82) is 0 Å². The van der Waals surface area contributed by atoms with Crippen LogP contribution >= 0.6 is 0 Å². The smallest absolute Gasteiger partial charge is 0.00625 e. The van der Waals surface area contributed by atoms with E-state index >= 15 is 0 Å². The van der Waals surface area contributed by atoms with Crippen molar-refractivity contribution in [3.05, 3.63) is 12.2 Å². The third kappa shape index (κ3) is 3.80. The predicted molar refractivity (Wildman–Crippen MR) is 101 cm³/mol. The number of hydrogen-bond donors (Lipinski definition) is 0. The minimum absolute atomic E-state index is 0.190. The molecule has 0 heterocycles. The van der Waals surface area contributed by atoms with Gasteiger partial charge in [0.05, 0.1) is 0 Å². The lowest BCUT2D eigenvalue weighted by Crippen LogP contribution is -2.44. The van der Waals surface area contributed by atoms with E-state index in [0.29, 0.717) is 11.8 Å². The molecule has 0 bridgehead atoms. The van der Waals surface area contributed by atoms with Crippen LogP contribution in [0, 0.1) is 40.4 Å². The summed E-state index contributed by atoms with van der Waals surface area (Å²) in [5.74, 6) is 4.03. The highest BCUT2D eigenvalue weighted by molar-refractivity contribution is 5.19. The van der Waals surface area contributed by atoms with Crippen molar-refractivity contribution in [2.45, 2.75) is 88.0 Å². The maximum atomic E-state index is 4.61. The van der Waals surface area contributed by atoms with Gasteiger partial charge >= 0.3 is 0 Å². The van der Waals surface area contributed by atoms with Crippen molar-refractivity contribution in [3.63, 3.8) is 0 Å². The number of hydrogen-bond acceptors (Lipinski definition) is 0. The largest absolute Gasteiger partial charge is 0.0988 e. The van der Waals surface area contributed by atoms with Crippen LogP contribution in [-0.2, 0) is 0 Å². The summed E-state index contributed by atoms with van der Waals surface area (Å²) in [5, 5.41) is 0. The van der Waals surface area contributed by atoms with Crippen LogP contribution in [0.4, 0.5) is 0 Å². The van der Waals surface area contributed by atoms with Crippen LogP contribution < -0.4 is 0 Å². The molecule has 0 saturated heterocycles. The maximum absolute atomic E-state index is 4.61. The lowest BCUT2D eigenvalue weighted by molar-refractivity contribution is 0.0316. The van der Waals surface area contributed by atoms with Crippen LogP contribution in [0.15, 0.2) is 12.2 Å². The third-order valence-corrected chi connectivity index (χ3v) is 7.18. The Labute approximate surface area is 141 Å². The van der Waals surface area contributed by atoms with Crippen molar-refractivity contribution >= 4 is 0 Å². The van der Waals surface area contributed by atoms with E-state index in [1.165, 1.54) is 31.3 Å². The Balaban J connectivity index is 3.16. The van der Waals surface area contributed by atoms with E-state index in [2.05, 4.69) is 68.9 Å². The van der Waals surface area contributed by atoms with E-state index in [9.17, 15) is 0 Å². The van der Waals surface area contributed by atoms with Crippen LogP contribution in [0.3, 0.4) is 0 Å². The lowest BCUT2D eigenvalue weighted by atomic mass is 9.53. The first-order valence-corrected chi connectivity index (χ1v) is 9.66. The van der Waals surface area contributed by atoms with Crippen LogP contribution in [0.2, 0.25) is 0 Å². The van der Waals surface area contributed by atoms with E-state index in [1.807, 2.05) is 0 Å². The first-order valence-electron chi connectivity index (χ1n) is 9.66. The summed E-state index contributed by atoms with van der Waals surface area (Å²) in [6, 6.07) is 0. The fraction of sp³-hybridized carbons (Fsp3) is 0.909. The quantitative estimate of drug-likeness (QED) is 0.466.